The molecule has 0 aliphatic carbocycles. The Morgan fingerprint density at radius 3 is 1.79 bits per heavy atom. The zero-order chi connectivity index (χ0) is 11.1. The smallest absolute Gasteiger partial charge is 0.222 e. The molecule has 0 saturated heterocycles. The first-order chi connectivity index (χ1) is 6.47. The maximum Gasteiger partial charge on any atom is 0.222 e. The molecular formula is C12H25NO. The van der Waals surface area contributed by atoms with Crippen LogP contribution in [-0.2, 0) is 4.79 Å². The summed E-state index contributed by atoms with van der Waals surface area (Å²) in [5, 5.41) is 0. The number of amides is 1. The van der Waals surface area contributed by atoms with Crippen molar-refractivity contribution < 1.29 is 4.79 Å². The van der Waals surface area contributed by atoms with Crippen LogP contribution in [0.25, 0.3) is 0 Å². The molecule has 0 bridgehead atoms. The molecule has 0 aromatic carbocycles. The van der Waals surface area contributed by atoms with Gasteiger partial charge < -0.3 is 4.90 Å². The van der Waals surface area contributed by atoms with Gasteiger partial charge in [-0.3, -0.25) is 4.79 Å². The van der Waals surface area contributed by atoms with Gasteiger partial charge in [-0.25, -0.2) is 0 Å². The summed E-state index contributed by atoms with van der Waals surface area (Å²) in [5.41, 5.74) is 0. The molecule has 0 fully saturated rings. The Kier molecular flexibility index (Phi) is 6.60. The lowest BCUT2D eigenvalue weighted by molar-refractivity contribution is -0.132. The molecular weight excluding hydrogens is 174 g/mol. The molecule has 1 amide bonds. The summed E-state index contributed by atoms with van der Waals surface area (Å²) in [6.45, 7) is 12.5. The van der Waals surface area contributed by atoms with Gasteiger partial charge in [0.05, 0.1) is 0 Å². The fourth-order valence-electron chi connectivity index (χ4n) is 1.53. The molecule has 0 aromatic rings. The molecule has 0 rings (SSSR count). The summed E-state index contributed by atoms with van der Waals surface area (Å²) < 4.78 is 0. The first-order valence-corrected chi connectivity index (χ1v) is 5.75. The van der Waals surface area contributed by atoms with Crippen molar-refractivity contribution in [2.24, 2.45) is 11.8 Å². The van der Waals surface area contributed by atoms with Crippen LogP contribution in [0.1, 0.15) is 47.5 Å². The van der Waals surface area contributed by atoms with Gasteiger partial charge in [0.15, 0.2) is 0 Å². The normalized spacial score (nSPS) is 11.1. The second kappa shape index (κ2) is 6.86. The van der Waals surface area contributed by atoms with E-state index in [0.717, 1.165) is 19.5 Å². The quantitative estimate of drug-likeness (QED) is 0.644. The van der Waals surface area contributed by atoms with E-state index in [1.165, 1.54) is 0 Å². The van der Waals surface area contributed by atoms with Gasteiger partial charge in [0, 0.05) is 19.5 Å². The zero-order valence-corrected chi connectivity index (χ0v) is 10.3. The van der Waals surface area contributed by atoms with Crippen molar-refractivity contribution in [2.75, 3.05) is 13.1 Å². The molecule has 0 spiro atoms. The Bertz CT molecular complexity index is 154. The summed E-state index contributed by atoms with van der Waals surface area (Å²) in [6, 6.07) is 0. The minimum Gasteiger partial charge on any atom is -0.342 e. The van der Waals surface area contributed by atoms with Gasteiger partial charge in [-0.05, 0) is 18.3 Å². The lowest BCUT2D eigenvalue weighted by Gasteiger charge is -2.26. The van der Waals surface area contributed by atoms with Crippen molar-refractivity contribution in [3.05, 3.63) is 0 Å². The maximum atomic E-state index is 11.7. The van der Waals surface area contributed by atoms with Gasteiger partial charge in [-0.2, -0.15) is 0 Å². The van der Waals surface area contributed by atoms with Crippen LogP contribution in [0.4, 0.5) is 0 Å². The fraction of sp³-hybridized carbons (Fsp3) is 0.917. The first-order valence-electron chi connectivity index (χ1n) is 5.75. The summed E-state index contributed by atoms with van der Waals surface area (Å²) in [7, 11) is 0. The highest BCUT2D eigenvalue weighted by Gasteiger charge is 2.14. The van der Waals surface area contributed by atoms with Gasteiger partial charge >= 0.3 is 0 Å². The maximum absolute atomic E-state index is 11.7. The summed E-state index contributed by atoms with van der Waals surface area (Å²) in [6.07, 6.45) is 1.64. The standard InChI is InChI=1S/C12H25NO/c1-6-7-12(14)13(8-10(2)3)9-11(4)5/h10-11H,6-9H2,1-5H3. The van der Waals surface area contributed by atoms with Gasteiger partial charge in [0.2, 0.25) is 5.91 Å². The van der Waals surface area contributed by atoms with Gasteiger partial charge in [0.1, 0.15) is 0 Å². The number of carbonyl (C=O) groups is 1. The number of hydrogen-bond donors (Lipinski definition) is 0. The second-order valence-corrected chi connectivity index (χ2v) is 4.84. The molecule has 0 N–H and O–H groups in total. The van der Waals surface area contributed by atoms with Crippen LogP contribution in [-0.4, -0.2) is 23.9 Å². The Morgan fingerprint density at radius 1 is 1.07 bits per heavy atom. The Hall–Kier alpha value is -0.530. The number of hydrogen-bond acceptors (Lipinski definition) is 1. The monoisotopic (exact) mass is 199 g/mol. The summed E-state index contributed by atoms with van der Waals surface area (Å²) >= 11 is 0. The van der Waals surface area contributed by atoms with Crippen molar-refractivity contribution in [1.29, 1.82) is 0 Å². The molecule has 2 nitrogen and oxygen atoms in total. The topological polar surface area (TPSA) is 20.3 Å². The average Bonchev–Trinajstić information content (AvgIpc) is 2.01. The Morgan fingerprint density at radius 2 is 1.50 bits per heavy atom. The van der Waals surface area contributed by atoms with Gasteiger partial charge in [-0.15, -0.1) is 0 Å². The van der Waals surface area contributed by atoms with Crippen molar-refractivity contribution in [3.63, 3.8) is 0 Å². The average molecular weight is 199 g/mol. The largest absolute Gasteiger partial charge is 0.342 e. The fourth-order valence-corrected chi connectivity index (χ4v) is 1.53. The Balaban J connectivity index is 4.15. The molecule has 0 unspecified atom stereocenters. The lowest BCUT2D eigenvalue weighted by Crippen LogP contribution is -2.36. The van der Waals surface area contributed by atoms with E-state index in [2.05, 4.69) is 34.6 Å². The van der Waals surface area contributed by atoms with E-state index in [9.17, 15) is 4.79 Å². The molecule has 14 heavy (non-hydrogen) atoms. The van der Waals surface area contributed by atoms with E-state index >= 15 is 0 Å². The van der Waals surface area contributed by atoms with Crippen LogP contribution in [0.5, 0.6) is 0 Å². The molecule has 2 heteroatoms. The number of nitrogens with zero attached hydrogens (tertiary/aromatic N) is 1. The Labute approximate surface area is 88.7 Å². The molecule has 84 valence electrons. The summed E-state index contributed by atoms with van der Waals surface area (Å²) in [5.74, 6) is 1.44. The van der Waals surface area contributed by atoms with E-state index in [4.69, 9.17) is 0 Å². The van der Waals surface area contributed by atoms with Crippen LogP contribution in [0.3, 0.4) is 0 Å². The predicted molar refractivity (Wildman–Crippen MR) is 61.2 cm³/mol. The molecule has 0 saturated carbocycles. The number of rotatable bonds is 6. The van der Waals surface area contributed by atoms with Crippen molar-refractivity contribution in [3.8, 4) is 0 Å². The molecule has 0 aliphatic rings. The third kappa shape index (κ3) is 6.01. The highest BCUT2D eigenvalue weighted by molar-refractivity contribution is 5.76. The van der Waals surface area contributed by atoms with E-state index in [1.807, 2.05) is 4.90 Å². The molecule has 0 heterocycles. The second-order valence-electron chi connectivity index (χ2n) is 4.84. The van der Waals surface area contributed by atoms with Crippen LogP contribution in [0, 0.1) is 11.8 Å². The highest BCUT2D eigenvalue weighted by atomic mass is 16.2. The van der Waals surface area contributed by atoms with E-state index in [0.29, 0.717) is 24.2 Å². The van der Waals surface area contributed by atoms with Crippen LogP contribution in [0.2, 0.25) is 0 Å². The summed E-state index contributed by atoms with van der Waals surface area (Å²) in [4.78, 5) is 13.8. The van der Waals surface area contributed by atoms with E-state index in [1.54, 1.807) is 0 Å². The third-order valence-electron chi connectivity index (χ3n) is 1.99. The van der Waals surface area contributed by atoms with Crippen molar-refractivity contribution in [1.82, 2.24) is 4.90 Å². The van der Waals surface area contributed by atoms with Gasteiger partial charge in [0.25, 0.3) is 0 Å². The van der Waals surface area contributed by atoms with Crippen LogP contribution in [0.15, 0.2) is 0 Å². The SMILES string of the molecule is CCCC(=O)N(CC(C)C)CC(C)C. The van der Waals surface area contributed by atoms with Crippen LogP contribution >= 0.6 is 0 Å². The minimum atomic E-state index is 0.315. The van der Waals surface area contributed by atoms with Crippen molar-refractivity contribution in [2.45, 2.75) is 47.5 Å². The first kappa shape index (κ1) is 13.5. The van der Waals surface area contributed by atoms with Gasteiger partial charge in [-0.1, -0.05) is 34.6 Å². The third-order valence-corrected chi connectivity index (χ3v) is 1.99. The molecule has 0 aliphatic heterocycles. The lowest BCUT2D eigenvalue weighted by atomic mass is 10.1. The highest BCUT2D eigenvalue weighted by Crippen LogP contribution is 2.06. The molecule has 0 atom stereocenters. The predicted octanol–water partition coefficient (Wildman–Crippen LogP) is 2.93. The number of carbonyl (C=O) groups excluding carboxylic acids is 1. The van der Waals surface area contributed by atoms with Crippen LogP contribution < -0.4 is 0 Å². The molecule has 0 aromatic heterocycles. The minimum absolute atomic E-state index is 0.315. The van der Waals surface area contributed by atoms with E-state index < -0.39 is 0 Å². The zero-order valence-electron chi connectivity index (χ0n) is 10.3. The van der Waals surface area contributed by atoms with Crippen molar-refractivity contribution >= 4 is 5.91 Å². The van der Waals surface area contributed by atoms with E-state index in [-0.39, 0.29) is 0 Å². The molecule has 0 radical (unpaired) electrons.